The lowest BCUT2D eigenvalue weighted by Gasteiger charge is -2.14. The number of anilines is 2. The van der Waals surface area contributed by atoms with Crippen molar-refractivity contribution in [1.82, 2.24) is 15.5 Å². The van der Waals surface area contributed by atoms with Gasteiger partial charge in [-0.1, -0.05) is 23.4 Å². The highest BCUT2D eigenvalue weighted by Gasteiger charge is 2.29. The minimum Gasteiger partial charge on any atom is -0.375 e. The van der Waals surface area contributed by atoms with E-state index in [9.17, 15) is 9.18 Å². The Morgan fingerprint density at radius 2 is 2.07 bits per heavy atom. The van der Waals surface area contributed by atoms with E-state index in [1.807, 2.05) is 12.1 Å². The second kappa shape index (κ2) is 7.90. The van der Waals surface area contributed by atoms with E-state index in [2.05, 4.69) is 20.8 Å². The van der Waals surface area contributed by atoms with Crippen LogP contribution in [0.15, 0.2) is 47.0 Å². The fraction of sp³-hybridized carbons (Fsp3) is 0.286. The van der Waals surface area contributed by atoms with Crippen molar-refractivity contribution in [3.05, 3.63) is 59.7 Å². The second-order valence-corrected chi connectivity index (χ2v) is 7.30. The van der Waals surface area contributed by atoms with Gasteiger partial charge in [-0.25, -0.2) is 9.18 Å². The van der Waals surface area contributed by atoms with Crippen LogP contribution in [0.3, 0.4) is 0 Å². The van der Waals surface area contributed by atoms with E-state index in [4.69, 9.17) is 4.52 Å². The van der Waals surface area contributed by atoms with Crippen molar-refractivity contribution < 1.29 is 13.7 Å². The van der Waals surface area contributed by atoms with Crippen molar-refractivity contribution in [2.45, 2.75) is 25.3 Å². The van der Waals surface area contributed by atoms with Crippen molar-refractivity contribution in [1.29, 1.82) is 0 Å². The monoisotopic (exact) mass is 395 g/mol. The van der Waals surface area contributed by atoms with Gasteiger partial charge < -0.3 is 20.1 Å². The molecule has 8 heteroatoms. The van der Waals surface area contributed by atoms with Crippen LogP contribution in [0.25, 0.3) is 11.4 Å². The first kappa shape index (κ1) is 18.9. The molecule has 1 saturated carbocycles. The molecule has 1 aliphatic carbocycles. The van der Waals surface area contributed by atoms with Crippen LogP contribution in [-0.4, -0.2) is 30.3 Å². The standard InChI is InChI=1S/C21H22FN5O2/c1-27(2)18-9-6-13(10-17(18)22)12-23-21(28)24-16-5-3-4-15(11-16)19-25-20(29-26-19)14-7-8-14/h3-6,9-11,14H,7-8,12H2,1-2H3,(H2,23,24,28). The van der Waals surface area contributed by atoms with Crippen molar-refractivity contribution in [2.24, 2.45) is 0 Å². The van der Waals surface area contributed by atoms with Crippen LogP contribution < -0.4 is 15.5 Å². The van der Waals surface area contributed by atoms with Gasteiger partial charge in [0.1, 0.15) is 5.82 Å². The maximum absolute atomic E-state index is 14.0. The van der Waals surface area contributed by atoms with Gasteiger partial charge in [0.05, 0.1) is 5.69 Å². The number of hydrogen-bond donors (Lipinski definition) is 2. The Hall–Kier alpha value is -3.42. The average molecular weight is 395 g/mol. The lowest BCUT2D eigenvalue weighted by Crippen LogP contribution is -2.28. The lowest BCUT2D eigenvalue weighted by molar-refractivity contribution is 0.251. The highest BCUT2D eigenvalue weighted by atomic mass is 19.1. The van der Waals surface area contributed by atoms with E-state index < -0.39 is 0 Å². The highest BCUT2D eigenvalue weighted by molar-refractivity contribution is 5.89. The molecule has 0 saturated heterocycles. The number of amides is 2. The molecule has 0 spiro atoms. The maximum Gasteiger partial charge on any atom is 0.319 e. The summed E-state index contributed by atoms with van der Waals surface area (Å²) in [7, 11) is 3.55. The number of rotatable bonds is 6. The molecule has 1 fully saturated rings. The van der Waals surface area contributed by atoms with Crippen LogP contribution in [0.5, 0.6) is 0 Å². The average Bonchev–Trinajstić information content (AvgIpc) is 3.43. The maximum atomic E-state index is 14.0. The van der Waals surface area contributed by atoms with Crippen LogP contribution in [0, 0.1) is 5.82 Å². The molecule has 0 bridgehead atoms. The van der Waals surface area contributed by atoms with Gasteiger partial charge in [0.25, 0.3) is 0 Å². The molecule has 29 heavy (non-hydrogen) atoms. The Morgan fingerprint density at radius 1 is 1.24 bits per heavy atom. The van der Waals surface area contributed by atoms with Gasteiger partial charge in [0.2, 0.25) is 11.7 Å². The van der Waals surface area contributed by atoms with Gasteiger partial charge in [-0.3, -0.25) is 0 Å². The molecule has 2 N–H and O–H groups in total. The van der Waals surface area contributed by atoms with Crippen LogP contribution in [0.4, 0.5) is 20.6 Å². The van der Waals surface area contributed by atoms with E-state index in [0.29, 0.717) is 34.6 Å². The molecule has 7 nitrogen and oxygen atoms in total. The number of nitrogens with zero attached hydrogens (tertiary/aromatic N) is 3. The van der Waals surface area contributed by atoms with E-state index in [-0.39, 0.29) is 18.4 Å². The number of nitrogens with one attached hydrogen (secondary N) is 2. The molecular weight excluding hydrogens is 373 g/mol. The van der Waals surface area contributed by atoms with Crippen molar-refractivity contribution >= 4 is 17.4 Å². The first-order valence-electron chi connectivity index (χ1n) is 9.44. The zero-order chi connectivity index (χ0) is 20.4. The molecular formula is C21H22FN5O2. The summed E-state index contributed by atoms with van der Waals surface area (Å²) in [5, 5.41) is 9.52. The summed E-state index contributed by atoms with van der Waals surface area (Å²) >= 11 is 0. The molecule has 0 atom stereocenters. The van der Waals surface area contributed by atoms with Crippen LogP contribution in [0.1, 0.15) is 30.2 Å². The second-order valence-electron chi connectivity index (χ2n) is 7.30. The van der Waals surface area contributed by atoms with Crippen molar-refractivity contribution in [3.8, 4) is 11.4 Å². The molecule has 0 aliphatic heterocycles. The van der Waals surface area contributed by atoms with Crippen molar-refractivity contribution in [2.75, 3.05) is 24.3 Å². The molecule has 150 valence electrons. The Balaban J connectivity index is 1.36. The molecule has 2 aromatic carbocycles. The lowest BCUT2D eigenvalue weighted by atomic mass is 10.2. The number of halogens is 1. The number of hydrogen-bond acceptors (Lipinski definition) is 5. The number of urea groups is 1. The molecule has 1 heterocycles. The predicted octanol–water partition coefficient (Wildman–Crippen LogP) is 4.14. The largest absolute Gasteiger partial charge is 0.375 e. The van der Waals surface area contributed by atoms with Gasteiger partial charge >= 0.3 is 6.03 Å². The first-order valence-corrected chi connectivity index (χ1v) is 9.44. The van der Waals surface area contributed by atoms with Crippen LogP contribution in [0.2, 0.25) is 0 Å². The fourth-order valence-electron chi connectivity index (χ4n) is 2.97. The van der Waals surface area contributed by atoms with Crippen LogP contribution in [-0.2, 0) is 6.54 Å². The number of benzene rings is 2. The molecule has 3 aromatic rings. The zero-order valence-electron chi connectivity index (χ0n) is 16.3. The van der Waals surface area contributed by atoms with E-state index in [1.165, 1.54) is 6.07 Å². The Kier molecular flexibility index (Phi) is 5.16. The number of aromatic nitrogens is 2. The topological polar surface area (TPSA) is 83.3 Å². The summed E-state index contributed by atoms with van der Waals surface area (Å²) in [6.45, 7) is 0.214. The third-order valence-corrected chi connectivity index (χ3v) is 4.69. The van der Waals surface area contributed by atoms with E-state index >= 15 is 0 Å². The first-order chi connectivity index (χ1) is 14.0. The Bertz CT molecular complexity index is 1030. The summed E-state index contributed by atoms with van der Waals surface area (Å²) in [6, 6.07) is 11.7. The van der Waals surface area contributed by atoms with Gasteiger partial charge in [-0.05, 0) is 42.7 Å². The summed E-state index contributed by atoms with van der Waals surface area (Å²) in [6.07, 6.45) is 2.18. The normalized spacial score (nSPS) is 13.2. The smallest absolute Gasteiger partial charge is 0.319 e. The summed E-state index contributed by atoms with van der Waals surface area (Å²) in [5.41, 5.74) is 2.55. The van der Waals surface area contributed by atoms with Gasteiger partial charge in [-0.15, -0.1) is 0 Å². The third kappa shape index (κ3) is 4.53. The van der Waals surface area contributed by atoms with E-state index in [1.54, 1.807) is 43.3 Å². The molecule has 4 rings (SSSR count). The minimum atomic E-state index is -0.383. The Labute approximate surface area is 167 Å². The molecule has 0 radical (unpaired) electrons. The summed E-state index contributed by atoms with van der Waals surface area (Å²) in [4.78, 5) is 18.3. The highest BCUT2D eigenvalue weighted by Crippen LogP contribution is 2.39. The molecule has 0 unspecified atom stereocenters. The minimum absolute atomic E-state index is 0.214. The summed E-state index contributed by atoms with van der Waals surface area (Å²) < 4.78 is 19.3. The number of carbonyl (C=O) groups excluding carboxylic acids is 1. The predicted molar refractivity (Wildman–Crippen MR) is 108 cm³/mol. The number of carbonyl (C=O) groups is 1. The zero-order valence-corrected chi connectivity index (χ0v) is 16.3. The summed E-state index contributed by atoms with van der Waals surface area (Å²) in [5.74, 6) is 1.24. The Morgan fingerprint density at radius 3 is 2.79 bits per heavy atom. The van der Waals surface area contributed by atoms with Gasteiger partial charge in [0, 0.05) is 37.8 Å². The van der Waals surface area contributed by atoms with Crippen molar-refractivity contribution in [3.63, 3.8) is 0 Å². The van der Waals surface area contributed by atoms with E-state index in [0.717, 1.165) is 18.4 Å². The quantitative estimate of drug-likeness (QED) is 0.655. The molecule has 1 aliphatic rings. The van der Waals surface area contributed by atoms with Gasteiger partial charge in [-0.2, -0.15) is 4.98 Å². The third-order valence-electron chi connectivity index (χ3n) is 4.69. The SMILES string of the molecule is CN(C)c1ccc(CNC(=O)Nc2cccc(-c3noc(C4CC4)n3)c2)cc1F. The molecule has 2 amide bonds. The van der Waals surface area contributed by atoms with Crippen LogP contribution >= 0.6 is 0 Å². The molecule has 1 aromatic heterocycles. The van der Waals surface area contributed by atoms with Gasteiger partial charge in [0.15, 0.2) is 0 Å². The fourth-order valence-corrected chi connectivity index (χ4v) is 2.97.